The summed E-state index contributed by atoms with van der Waals surface area (Å²) in [5.41, 5.74) is 9.26. The number of aryl methyl sites for hydroxylation is 1. The van der Waals surface area contributed by atoms with E-state index >= 15 is 4.39 Å². The maximum Gasteiger partial charge on any atom is 0.264 e. The molecule has 0 aliphatic heterocycles. The summed E-state index contributed by atoms with van der Waals surface area (Å²) in [6.45, 7) is 1.67. The van der Waals surface area contributed by atoms with Crippen molar-refractivity contribution in [1.29, 1.82) is 0 Å². The number of halogens is 1. The Morgan fingerprint density at radius 1 is 1.14 bits per heavy atom. The van der Waals surface area contributed by atoms with E-state index in [2.05, 4.69) is 28.0 Å². The number of sulfonamides is 1. The smallest absolute Gasteiger partial charge is 0.264 e. The van der Waals surface area contributed by atoms with Crippen LogP contribution in [0.1, 0.15) is 37.3 Å². The largest absolute Gasteiger partial charge is 0.383 e. The van der Waals surface area contributed by atoms with Crippen molar-refractivity contribution >= 4 is 55.3 Å². The Balaban J connectivity index is 1.40. The van der Waals surface area contributed by atoms with Gasteiger partial charge in [0.1, 0.15) is 39.5 Å². The van der Waals surface area contributed by atoms with Gasteiger partial charge in [-0.25, -0.2) is 22.8 Å². The normalized spacial score (nSPS) is 14.7. The van der Waals surface area contributed by atoms with E-state index in [1.807, 2.05) is 6.20 Å². The molecule has 0 saturated heterocycles. The predicted molar refractivity (Wildman–Crippen MR) is 138 cm³/mol. The quantitative estimate of drug-likeness (QED) is 0.330. The number of fused-ring (bicyclic) bond motifs is 2. The fourth-order valence-corrected chi connectivity index (χ4v) is 7.07. The first-order chi connectivity index (χ1) is 17.3. The molecule has 1 aliphatic carbocycles. The highest BCUT2D eigenvalue weighted by molar-refractivity contribution is 7.93. The predicted octanol–water partition coefficient (Wildman–Crippen LogP) is 5.05. The average Bonchev–Trinajstić information content (AvgIpc) is 3.59. The minimum Gasteiger partial charge on any atom is -0.383 e. The summed E-state index contributed by atoms with van der Waals surface area (Å²) >= 11 is 0.925. The van der Waals surface area contributed by atoms with E-state index in [-0.39, 0.29) is 16.1 Å². The Kier molecular flexibility index (Phi) is 5.38. The molecule has 0 radical (unpaired) electrons. The van der Waals surface area contributed by atoms with Gasteiger partial charge in [-0.2, -0.15) is 8.75 Å². The zero-order chi connectivity index (χ0) is 25.0. The van der Waals surface area contributed by atoms with Crippen molar-refractivity contribution in [3.63, 3.8) is 0 Å². The highest BCUT2D eigenvalue weighted by Crippen LogP contribution is 2.39. The molecular formula is C24H22FN7O2S2. The minimum absolute atomic E-state index is 0.0122. The third-order valence-electron chi connectivity index (χ3n) is 6.73. The summed E-state index contributed by atoms with van der Waals surface area (Å²) in [7, 11) is -4.12. The van der Waals surface area contributed by atoms with Crippen LogP contribution >= 0.6 is 11.7 Å². The first-order valence-corrected chi connectivity index (χ1v) is 13.7. The third-order valence-corrected chi connectivity index (χ3v) is 8.81. The molecule has 3 heterocycles. The molecule has 6 rings (SSSR count). The average molecular weight is 524 g/mol. The summed E-state index contributed by atoms with van der Waals surface area (Å²) in [5.74, 6) is -0.396. The van der Waals surface area contributed by atoms with Gasteiger partial charge in [-0.1, -0.05) is 25.0 Å². The lowest BCUT2D eigenvalue weighted by Gasteiger charge is -2.12. The standard InChI is InChI=1S/C24H22FN7O2S2/c1-13-6-8-19-21(30-35-29-19)22(13)36(33,34)31-18-9-7-14(10-17(18)25)16-11-32(15-4-2-3-5-15)24-20(16)23(26)27-12-28-24/h6-12,15,31H,2-5H2,1H3,(H2,26,27,28). The van der Waals surface area contributed by atoms with Crippen LogP contribution in [0, 0.1) is 12.7 Å². The maximum atomic E-state index is 15.3. The molecule has 3 aromatic heterocycles. The second kappa shape index (κ2) is 8.49. The van der Waals surface area contributed by atoms with Crippen LogP contribution in [0.2, 0.25) is 0 Å². The molecule has 1 fully saturated rings. The lowest BCUT2D eigenvalue weighted by molar-refractivity contribution is 0.532. The Morgan fingerprint density at radius 2 is 1.94 bits per heavy atom. The van der Waals surface area contributed by atoms with Crippen LogP contribution in [0.15, 0.2) is 47.8 Å². The molecule has 0 bridgehead atoms. The van der Waals surface area contributed by atoms with Crippen LogP contribution in [-0.4, -0.2) is 31.7 Å². The molecule has 0 amide bonds. The number of aromatic nitrogens is 5. The molecule has 1 saturated carbocycles. The Hall–Kier alpha value is -3.64. The Morgan fingerprint density at radius 3 is 2.72 bits per heavy atom. The van der Waals surface area contributed by atoms with Gasteiger partial charge in [0, 0.05) is 17.8 Å². The number of nitrogens with one attached hydrogen (secondary N) is 1. The van der Waals surface area contributed by atoms with E-state index in [0.717, 1.165) is 43.1 Å². The number of nitrogens with zero attached hydrogens (tertiary/aromatic N) is 5. The van der Waals surface area contributed by atoms with Gasteiger partial charge in [0.2, 0.25) is 0 Å². The molecule has 3 N–H and O–H groups in total. The van der Waals surface area contributed by atoms with Crippen LogP contribution in [-0.2, 0) is 10.0 Å². The van der Waals surface area contributed by atoms with E-state index in [9.17, 15) is 8.42 Å². The SMILES string of the molecule is Cc1ccc2nsnc2c1S(=O)(=O)Nc1ccc(-c2cn(C3CCCC3)c3ncnc(N)c23)cc1F. The number of anilines is 2. The summed E-state index contributed by atoms with van der Waals surface area (Å²) in [6, 6.07) is 8.05. The first-order valence-electron chi connectivity index (χ1n) is 11.5. The minimum atomic E-state index is -4.12. The number of hydrogen-bond acceptors (Lipinski definition) is 8. The Labute approximate surface area is 210 Å². The first kappa shape index (κ1) is 22.8. The van der Waals surface area contributed by atoms with Gasteiger partial charge < -0.3 is 10.3 Å². The maximum absolute atomic E-state index is 15.3. The fraction of sp³-hybridized carbons (Fsp3) is 0.250. The summed E-state index contributed by atoms with van der Waals surface area (Å²) in [4.78, 5) is 8.59. The summed E-state index contributed by atoms with van der Waals surface area (Å²) in [6.07, 6.45) is 7.77. The van der Waals surface area contributed by atoms with Crippen molar-refractivity contribution in [3.05, 3.63) is 54.2 Å². The molecule has 2 aromatic carbocycles. The molecule has 36 heavy (non-hydrogen) atoms. The van der Waals surface area contributed by atoms with Gasteiger partial charge in [-0.3, -0.25) is 4.72 Å². The van der Waals surface area contributed by atoms with E-state index in [1.165, 1.54) is 18.5 Å². The number of hydrogen-bond donors (Lipinski definition) is 2. The lowest BCUT2D eigenvalue weighted by atomic mass is 10.1. The van der Waals surface area contributed by atoms with Crippen LogP contribution < -0.4 is 10.5 Å². The summed E-state index contributed by atoms with van der Waals surface area (Å²) < 4.78 is 54.5. The van der Waals surface area contributed by atoms with Crippen LogP contribution in [0.4, 0.5) is 15.9 Å². The van der Waals surface area contributed by atoms with Crippen molar-refractivity contribution < 1.29 is 12.8 Å². The Bertz CT molecular complexity index is 1740. The van der Waals surface area contributed by atoms with Gasteiger partial charge in [0.15, 0.2) is 0 Å². The van der Waals surface area contributed by atoms with Gasteiger partial charge in [-0.05, 0) is 49.1 Å². The van der Waals surface area contributed by atoms with Crippen LogP contribution in [0.25, 0.3) is 33.2 Å². The molecular weight excluding hydrogens is 501 g/mol. The van der Waals surface area contributed by atoms with E-state index in [4.69, 9.17) is 5.73 Å². The van der Waals surface area contributed by atoms with Crippen molar-refractivity contribution in [2.24, 2.45) is 0 Å². The highest BCUT2D eigenvalue weighted by atomic mass is 32.2. The molecule has 9 nitrogen and oxygen atoms in total. The van der Waals surface area contributed by atoms with Crippen molar-refractivity contribution in [1.82, 2.24) is 23.3 Å². The fourth-order valence-electron chi connectivity index (χ4n) is 5.02. The number of rotatable bonds is 5. The lowest BCUT2D eigenvalue weighted by Crippen LogP contribution is -2.16. The number of nitrogens with two attached hydrogens (primary N) is 1. The van der Waals surface area contributed by atoms with Crippen molar-refractivity contribution in [2.75, 3.05) is 10.5 Å². The molecule has 184 valence electrons. The number of nitrogen functional groups attached to an aromatic ring is 1. The van der Waals surface area contributed by atoms with Crippen LogP contribution in [0.3, 0.4) is 0 Å². The van der Waals surface area contributed by atoms with E-state index in [1.54, 1.807) is 25.1 Å². The van der Waals surface area contributed by atoms with Gasteiger partial charge >= 0.3 is 0 Å². The molecule has 1 aliphatic rings. The van der Waals surface area contributed by atoms with Gasteiger partial charge in [0.05, 0.1) is 22.8 Å². The van der Waals surface area contributed by atoms with Gasteiger partial charge in [0.25, 0.3) is 10.0 Å². The van der Waals surface area contributed by atoms with E-state index < -0.39 is 15.8 Å². The molecule has 0 unspecified atom stereocenters. The third kappa shape index (κ3) is 3.68. The van der Waals surface area contributed by atoms with Crippen molar-refractivity contribution in [3.8, 4) is 11.1 Å². The van der Waals surface area contributed by atoms with Crippen molar-refractivity contribution in [2.45, 2.75) is 43.5 Å². The molecule has 0 atom stereocenters. The van der Waals surface area contributed by atoms with E-state index in [0.29, 0.717) is 39.5 Å². The second-order valence-electron chi connectivity index (χ2n) is 8.99. The summed E-state index contributed by atoms with van der Waals surface area (Å²) in [5, 5.41) is 0.662. The molecule has 5 aromatic rings. The second-order valence-corrected chi connectivity index (χ2v) is 11.1. The highest BCUT2D eigenvalue weighted by Gasteiger charge is 2.26. The molecule has 0 spiro atoms. The van der Waals surface area contributed by atoms with Gasteiger partial charge in [-0.15, -0.1) is 0 Å². The molecule has 12 heteroatoms. The van der Waals surface area contributed by atoms with Crippen LogP contribution in [0.5, 0.6) is 0 Å². The zero-order valence-corrected chi connectivity index (χ0v) is 20.9. The topological polar surface area (TPSA) is 129 Å². The zero-order valence-electron chi connectivity index (χ0n) is 19.3. The monoisotopic (exact) mass is 523 g/mol. The number of benzene rings is 2.